The van der Waals surface area contributed by atoms with Crippen LogP contribution in [0.1, 0.15) is 0 Å². The minimum absolute atomic E-state index is 0.0606. The molecule has 0 spiro atoms. The number of para-hydroxylation sites is 2. The number of nitrogens with zero attached hydrogens (tertiary/aromatic N) is 1. The van der Waals surface area contributed by atoms with Gasteiger partial charge in [0.2, 0.25) is 0 Å². The van der Waals surface area contributed by atoms with Crippen LogP contribution in [0.2, 0.25) is 0 Å². The van der Waals surface area contributed by atoms with Gasteiger partial charge in [-0.25, -0.2) is 4.79 Å². The number of rotatable bonds is 2. The van der Waals surface area contributed by atoms with Gasteiger partial charge in [-0.2, -0.15) is 0 Å². The SMILES string of the molecule is COc1ccccc1NC(=O)N1CC1. The van der Waals surface area contributed by atoms with Crippen LogP contribution in [0.25, 0.3) is 0 Å². The molecule has 1 aliphatic rings. The molecule has 1 aromatic rings. The number of anilines is 1. The van der Waals surface area contributed by atoms with Crippen LogP contribution in [0.15, 0.2) is 24.3 Å². The summed E-state index contributed by atoms with van der Waals surface area (Å²) in [4.78, 5) is 13.1. The van der Waals surface area contributed by atoms with Crippen molar-refractivity contribution in [3.05, 3.63) is 24.3 Å². The van der Waals surface area contributed by atoms with Gasteiger partial charge in [-0.1, -0.05) is 12.1 Å². The third-order valence-electron chi connectivity index (χ3n) is 2.08. The second-order valence-electron chi connectivity index (χ2n) is 3.12. The van der Waals surface area contributed by atoms with E-state index in [-0.39, 0.29) is 6.03 Å². The highest BCUT2D eigenvalue weighted by molar-refractivity contribution is 5.92. The lowest BCUT2D eigenvalue weighted by molar-refractivity contribution is 0.242. The average molecular weight is 192 g/mol. The summed E-state index contributed by atoms with van der Waals surface area (Å²) < 4.78 is 5.11. The van der Waals surface area contributed by atoms with Crippen LogP contribution in [-0.4, -0.2) is 31.1 Å². The van der Waals surface area contributed by atoms with Crippen LogP contribution in [0.3, 0.4) is 0 Å². The van der Waals surface area contributed by atoms with Gasteiger partial charge in [0.15, 0.2) is 0 Å². The largest absolute Gasteiger partial charge is 0.495 e. The minimum atomic E-state index is -0.0606. The van der Waals surface area contributed by atoms with E-state index in [4.69, 9.17) is 4.74 Å². The van der Waals surface area contributed by atoms with Crippen molar-refractivity contribution >= 4 is 11.7 Å². The molecule has 14 heavy (non-hydrogen) atoms. The number of hydrogen-bond donors (Lipinski definition) is 1. The van der Waals surface area contributed by atoms with Crippen molar-refractivity contribution in [2.45, 2.75) is 0 Å². The van der Waals surface area contributed by atoms with Gasteiger partial charge in [0.25, 0.3) is 0 Å². The molecule has 4 heteroatoms. The number of carbonyl (C=O) groups is 1. The van der Waals surface area contributed by atoms with Gasteiger partial charge in [0.05, 0.1) is 12.8 Å². The molecule has 0 atom stereocenters. The molecule has 0 saturated carbocycles. The second-order valence-corrected chi connectivity index (χ2v) is 3.12. The highest BCUT2D eigenvalue weighted by Crippen LogP contribution is 2.23. The van der Waals surface area contributed by atoms with Crippen LogP contribution >= 0.6 is 0 Å². The van der Waals surface area contributed by atoms with Crippen LogP contribution in [0.5, 0.6) is 5.75 Å². The van der Waals surface area contributed by atoms with E-state index in [1.165, 1.54) is 0 Å². The molecule has 0 aromatic heterocycles. The van der Waals surface area contributed by atoms with E-state index in [2.05, 4.69) is 5.32 Å². The third kappa shape index (κ3) is 1.79. The maximum absolute atomic E-state index is 11.4. The molecule has 4 nitrogen and oxygen atoms in total. The standard InChI is InChI=1S/C10H12N2O2/c1-14-9-5-3-2-4-8(9)11-10(13)12-6-7-12/h2-5H,6-7H2,1H3,(H,11,13). The summed E-state index contributed by atoms with van der Waals surface area (Å²) in [5.74, 6) is 0.683. The van der Waals surface area contributed by atoms with E-state index >= 15 is 0 Å². The zero-order chi connectivity index (χ0) is 9.97. The Morgan fingerprint density at radius 3 is 2.79 bits per heavy atom. The molecule has 1 saturated heterocycles. The molecule has 2 amide bonds. The molecule has 1 N–H and O–H groups in total. The van der Waals surface area contributed by atoms with Gasteiger partial charge < -0.3 is 15.0 Å². The van der Waals surface area contributed by atoms with Gasteiger partial charge in [0.1, 0.15) is 5.75 Å². The summed E-state index contributed by atoms with van der Waals surface area (Å²) in [6.45, 7) is 1.70. The Balaban J connectivity index is 2.10. The lowest BCUT2D eigenvalue weighted by Gasteiger charge is -2.09. The Labute approximate surface area is 82.5 Å². The zero-order valence-electron chi connectivity index (χ0n) is 7.99. The van der Waals surface area contributed by atoms with Crippen molar-refractivity contribution in [3.8, 4) is 5.75 Å². The van der Waals surface area contributed by atoms with E-state index in [0.717, 1.165) is 13.1 Å². The quantitative estimate of drug-likeness (QED) is 0.722. The summed E-state index contributed by atoms with van der Waals surface area (Å²) >= 11 is 0. The Kier molecular flexibility index (Phi) is 2.26. The second kappa shape index (κ2) is 3.57. The molecule has 1 aliphatic heterocycles. The predicted molar refractivity (Wildman–Crippen MR) is 53.6 cm³/mol. The Morgan fingerprint density at radius 1 is 1.43 bits per heavy atom. The molecule has 1 fully saturated rings. The van der Waals surface area contributed by atoms with Gasteiger partial charge >= 0.3 is 6.03 Å². The normalized spacial score (nSPS) is 13.6. The molecular formula is C10H12N2O2. The highest BCUT2D eigenvalue weighted by atomic mass is 16.5. The fourth-order valence-electron chi connectivity index (χ4n) is 1.20. The smallest absolute Gasteiger partial charge is 0.322 e. The van der Waals surface area contributed by atoms with Crippen LogP contribution < -0.4 is 10.1 Å². The molecule has 0 unspecified atom stereocenters. The van der Waals surface area contributed by atoms with Crippen molar-refractivity contribution in [2.75, 3.05) is 25.5 Å². The Bertz CT molecular complexity index is 348. The number of amides is 2. The van der Waals surface area contributed by atoms with Crippen molar-refractivity contribution in [2.24, 2.45) is 0 Å². The number of ether oxygens (including phenoxy) is 1. The van der Waals surface area contributed by atoms with E-state index in [0.29, 0.717) is 11.4 Å². The first-order valence-corrected chi connectivity index (χ1v) is 4.50. The average Bonchev–Trinajstić information content (AvgIpc) is 3.02. The number of methoxy groups -OCH3 is 1. The van der Waals surface area contributed by atoms with Gasteiger partial charge in [-0.15, -0.1) is 0 Å². The van der Waals surface area contributed by atoms with Crippen LogP contribution in [0.4, 0.5) is 10.5 Å². The summed E-state index contributed by atoms with van der Waals surface area (Å²) in [6, 6.07) is 7.30. The van der Waals surface area contributed by atoms with Gasteiger partial charge in [0, 0.05) is 13.1 Å². The Hall–Kier alpha value is -1.71. The molecule has 2 rings (SSSR count). The number of carbonyl (C=O) groups excluding carboxylic acids is 1. The fraction of sp³-hybridized carbons (Fsp3) is 0.300. The van der Waals surface area contributed by atoms with Crippen molar-refractivity contribution in [3.63, 3.8) is 0 Å². The minimum Gasteiger partial charge on any atom is -0.495 e. The summed E-state index contributed by atoms with van der Waals surface area (Å²) in [5, 5.41) is 2.79. The summed E-state index contributed by atoms with van der Waals surface area (Å²) in [7, 11) is 1.59. The molecule has 0 aliphatic carbocycles. The number of urea groups is 1. The molecule has 74 valence electrons. The summed E-state index contributed by atoms with van der Waals surface area (Å²) in [5.41, 5.74) is 0.715. The monoisotopic (exact) mass is 192 g/mol. The predicted octanol–water partition coefficient (Wildman–Crippen LogP) is 1.54. The maximum Gasteiger partial charge on any atom is 0.322 e. The molecule has 1 aromatic carbocycles. The number of hydrogen-bond acceptors (Lipinski definition) is 2. The highest BCUT2D eigenvalue weighted by Gasteiger charge is 2.24. The van der Waals surface area contributed by atoms with Crippen LogP contribution in [0, 0.1) is 0 Å². The number of nitrogens with one attached hydrogen (secondary N) is 1. The molecule has 1 heterocycles. The van der Waals surface area contributed by atoms with E-state index in [1.807, 2.05) is 24.3 Å². The van der Waals surface area contributed by atoms with Crippen molar-refractivity contribution in [1.29, 1.82) is 0 Å². The first kappa shape index (κ1) is 8.87. The van der Waals surface area contributed by atoms with Gasteiger partial charge in [-0.05, 0) is 12.1 Å². The topological polar surface area (TPSA) is 41.3 Å². The molecule has 0 radical (unpaired) electrons. The van der Waals surface area contributed by atoms with Crippen molar-refractivity contribution in [1.82, 2.24) is 4.90 Å². The summed E-state index contributed by atoms with van der Waals surface area (Å²) in [6.07, 6.45) is 0. The Morgan fingerprint density at radius 2 is 2.14 bits per heavy atom. The molecular weight excluding hydrogens is 180 g/mol. The van der Waals surface area contributed by atoms with Crippen LogP contribution in [-0.2, 0) is 0 Å². The first-order chi connectivity index (χ1) is 6.81. The van der Waals surface area contributed by atoms with E-state index in [9.17, 15) is 4.79 Å². The van der Waals surface area contributed by atoms with E-state index < -0.39 is 0 Å². The maximum atomic E-state index is 11.4. The van der Waals surface area contributed by atoms with Gasteiger partial charge in [-0.3, -0.25) is 0 Å². The lowest BCUT2D eigenvalue weighted by atomic mass is 10.3. The van der Waals surface area contributed by atoms with E-state index in [1.54, 1.807) is 12.0 Å². The lowest BCUT2D eigenvalue weighted by Crippen LogP contribution is -2.18. The third-order valence-corrected chi connectivity index (χ3v) is 2.08. The molecule has 0 bridgehead atoms. The fourth-order valence-corrected chi connectivity index (χ4v) is 1.20. The number of benzene rings is 1. The zero-order valence-corrected chi connectivity index (χ0v) is 7.99. The first-order valence-electron chi connectivity index (χ1n) is 4.50. The van der Waals surface area contributed by atoms with Crippen molar-refractivity contribution < 1.29 is 9.53 Å².